The Morgan fingerprint density at radius 3 is 2.95 bits per heavy atom. The van der Waals surface area contributed by atoms with Crippen LogP contribution in [0, 0.1) is 0 Å². The topological polar surface area (TPSA) is 26.5 Å². The van der Waals surface area contributed by atoms with Gasteiger partial charge in [0.25, 0.3) is 0 Å². The van der Waals surface area contributed by atoms with Crippen LogP contribution in [0.3, 0.4) is 0 Å². The van der Waals surface area contributed by atoms with Crippen molar-refractivity contribution in [1.29, 1.82) is 0 Å². The number of hydrogen-bond acceptors (Lipinski definition) is 2. The standard InChI is InChI=1S/C16H13BrN2O/c1-20-12-4-5-13-10(8-12)2-6-14-16(13)18-15-7-3-11(17)9-19(14)15/h3-5,7-9H,2,6H2,1H3. The van der Waals surface area contributed by atoms with E-state index >= 15 is 0 Å². The molecule has 0 bridgehead atoms. The van der Waals surface area contributed by atoms with Crippen LogP contribution in [0.1, 0.15) is 11.3 Å². The summed E-state index contributed by atoms with van der Waals surface area (Å²) >= 11 is 3.53. The molecule has 2 heterocycles. The average molecular weight is 329 g/mol. The molecule has 1 aliphatic rings. The Kier molecular flexibility index (Phi) is 2.60. The molecular weight excluding hydrogens is 316 g/mol. The van der Waals surface area contributed by atoms with Crippen LogP contribution in [0.25, 0.3) is 16.9 Å². The number of rotatable bonds is 1. The summed E-state index contributed by atoms with van der Waals surface area (Å²) in [6.45, 7) is 0. The minimum Gasteiger partial charge on any atom is -0.497 e. The molecule has 20 heavy (non-hydrogen) atoms. The van der Waals surface area contributed by atoms with Crippen molar-refractivity contribution in [2.45, 2.75) is 12.8 Å². The van der Waals surface area contributed by atoms with E-state index in [2.05, 4.69) is 38.7 Å². The molecular formula is C16H13BrN2O. The van der Waals surface area contributed by atoms with Gasteiger partial charge < -0.3 is 9.14 Å². The molecule has 0 spiro atoms. The van der Waals surface area contributed by atoms with Crippen LogP contribution < -0.4 is 4.74 Å². The van der Waals surface area contributed by atoms with Gasteiger partial charge in [0, 0.05) is 16.2 Å². The predicted molar refractivity (Wildman–Crippen MR) is 82.3 cm³/mol. The predicted octanol–water partition coefficient (Wildman–Crippen LogP) is 3.87. The number of hydrogen-bond donors (Lipinski definition) is 0. The summed E-state index contributed by atoms with van der Waals surface area (Å²) in [5, 5.41) is 0. The molecule has 0 atom stereocenters. The van der Waals surface area contributed by atoms with Crippen LogP contribution in [0.2, 0.25) is 0 Å². The van der Waals surface area contributed by atoms with E-state index in [1.807, 2.05) is 18.2 Å². The van der Waals surface area contributed by atoms with E-state index in [1.54, 1.807) is 7.11 Å². The Hall–Kier alpha value is -1.81. The number of halogens is 1. The van der Waals surface area contributed by atoms with Gasteiger partial charge in [0.05, 0.1) is 18.5 Å². The van der Waals surface area contributed by atoms with Crippen LogP contribution >= 0.6 is 15.9 Å². The minimum absolute atomic E-state index is 0.915. The number of methoxy groups -OCH3 is 1. The second-order valence-corrected chi connectivity index (χ2v) is 5.92. The van der Waals surface area contributed by atoms with Gasteiger partial charge in [0.2, 0.25) is 0 Å². The SMILES string of the molecule is COc1ccc2c(c1)CCc1c-2nc2ccc(Br)cn12. The molecule has 0 fully saturated rings. The lowest BCUT2D eigenvalue weighted by Crippen LogP contribution is -2.05. The van der Waals surface area contributed by atoms with Crippen molar-refractivity contribution in [3.8, 4) is 17.0 Å². The van der Waals surface area contributed by atoms with Crippen molar-refractivity contribution in [2.24, 2.45) is 0 Å². The zero-order valence-electron chi connectivity index (χ0n) is 11.1. The zero-order chi connectivity index (χ0) is 13.7. The summed E-state index contributed by atoms with van der Waals surface area (Å²) in [5.74, 6) is 0.915. The van der Waals surface area contributed by atoms with Crippen molar-refractivity contribution < 1.29 is 4.74 Å². The summed E-state index contributed by atoms with van der Waals surface area (Å²) in [6, 6.07) is 10.3. The third-order valence-electron chi connectivity index (χ3n) is 3.88. The van der Waals surface area contributed by atoms with Crippen molar-refractivity contribution in [3.63, 3.8) is 0 Å². The van der Waals surface area contributed by atoms with Gasteiger partial charge in [-0.15, -0.1) is 0 Å². The summed E-state index contributed by atoms with van der Waals surface area (Å²) in [6.07, 6.45) is 4.13. The lowest BCUT2D eigenvalue weighted by atomic mass is 9.92. The summed E-state index contributed by atoms with van der Waals surface area (Å²) < 4.78 is 8.57. The number of aryl methyl sites for hydroxylation is 2. The van der Waals surface area contributed by atoms with Gasteiger partial charge in [0.1, 0.15) is 11.4 Å². The van der Waals surface area contributed by atoms with Crippen LogP contribution in [0.5, 0.6) is 5.75 Å². The third kappa shape index (κ3) is 1.68. The third-order valence-corrected chi connectivity index (χ3v) is 4.35. The van der Waals surface area contributed by atoms with Crippen LogP contribution in [0.15, 0.2) is 41.0 Å². The second kappa shape index (κ2) is 4.35. The van der Waals surface area contributed by atoms with Crippen molar-refractivity contribution in [1.82, 2.24) is 9.38 Å². The smallest absolute Gasteiger partial charge is 0.137 e. The lowest BCUT2D eigenvalue weighted by Gasteiger charge is -2.16. The molecule has 4 rings (SSSR count). The normalized spacial score (nSPS) is 13.1. The molecule has 0 radical (unpaired) electrons. The molecule has 0 unspecified atom stereocenters. The molecule has 4 heteroatoms. The second-order valence-electron chi connectivity index (χ2n) is 5.01. The quantitative estimate of drug-likeness (QED) is 0.677. The first-order valence-corrected chi connectivity index (χ1v) is 7.39. The molecule has 1 aromatic carbocycles. The number of aromatic nitrogens is 2. The largest absolute Gasteiger partial charge is 0.497 e. The Balaban J connectivity index is 1.98. The summed E-state index contributed by atoms with van der Waals surface area (Å²) in [4.78, 5) is 4.79. The molecule has 0 saturated heterocycles. The number of pyridine rings is 1. The molecule has 0 aliphatic heterocycles. The summed E-state index contributed by atoms with van der Waals surface area (Å²) in [5.41, 5.74) is 5.94. The maximum Gasteiger partial charge on any atom is 0.137 e. The van der Waals surface area contributed by atoms with Gasteiger partial charge in [0.15, 0.2) is 0 Å². The Labute approximate surface area is 125 Å². The van der Waals surface area contributed by atoms with E-state index in [1.165, 1.54) is 16.8 Å². The van der Waals surface area contributed by atoms with Gasteiger partial charge in [-0.25, -0.2) is 4.98 Å². The first-order chi connectivity index (χ1) is 9.76. The molecule has 2 aromatic heterocycles. The fourth-order valence-corrected chi connectivity index (χ4v) is 3.25. The van der Waals surface area contributed by atoms with Crippen molar-refractivity contribution in [3.05, 3.63) is 52.3 Å². The highest BCUT2D eigenvalue weighted by Crippen LogP contribution is 2.35. The fraction of sp³-hybridized carbons (Fsp3) is 0.188. The number of benzene rings is 1. The Morgan fingerprint density at radius 1 is 1.20 bits per heavy atom. The first kappa shape index (κ1) is 12.0. The fourth-order valence-electron chi connectivity index (χ4n) is 2.91. The first-order valence-electron chi connectivity index (χ1n) is 6.60. The number of fused-ring (bicyclic) bond motifs is 5. The van der Waals surface area contributed by atoms with Gasteiger partial charge >= 0.3 is 0 Å². The molecule has 0 saturated carbocycles. The van der Waals surface area contributed by atoms with Crippen LogP contribution in [-0.4, -0.2) is 16.5 Å². The van der Waals surface area contributed by atoms with E-state index in [-0.39, 0.29) is 0 Å². The van der Waals surface area contributed by atoms with Gasteiger partial charge in [-0.1, -0.05) is 0 Å². The average Bonchev–Trinajstić information content (AvgIpc) is 2.84. The van der Waals surface area contributed by atoms with E-state index < -0.39 is 0 Å². The van der Waals surface area contributed by atoms with Gasteiger partial charge in [-0.2, -0.15) is 0 Å². The maximum atomic E-state index is 5.31. The monoisotopic (exact) mass is 328 g/mol. The van der Waals surface area contributed by atoms with E-state index in [0.29, 0.717) is 0 Å². The highest BCUT2D eigenvalue weighted by molar-refractivity contribution is 9.10. The molecule has 3 nitrogen and oxygen atoms in total. The molecule has 1 aliphatic carbocycles. The molecule has 3 aromatic rings. The van der Waals surface area contributed by atoms with E-state index in [0.717, 1.165) is 34.4 Å². The number of nitrogens with zero attached hydrogens (tertiary/aromatic N) is 2. The Bertz CT molecular complexity index is 823. The number of imidazole rings is 1. The van der Waals surface area contributed by atoms with Crippen LogP contribution in [-0.2, 0) is 12.8 Å². The molecule has 100 valence electrons. The molecule has 0 N–H and O–H groups in total. The van der Waals surface area contributed by atoms with E-state index in [4.69, 9.17) is 9.72 Å². The van der Waals surface area contributed by atoms with Crippen LogP contribution in [0.4, 0.5) is 0 Å². The van der Waals surface area contributed by atoms with E-state index in [9.17, 15) is 0 Å². The van der Waals surface area contributed by atoms with Gasteiger partial charge in [-0.05, 0) is 64.7 Å². The maximum absolute atomic E-state index is 5.31. The minimum atomic E-state index is 0.915. The Morgan fingerprint density at radius 2 is 2.10 bits per heavy atom. The highest BCUT2D eigenvalue weighted by atomic mass is 79.9. The number of ether oxygens (including phenoxy) is 1. The zero-order valence-corrected chi connectivity index (χ0v) is 12.6. The summed E-state index contributed by atoms with van der Waals surface area (Å²) in [7, 11) is 1.71. The van der Waals surface area contributed by atoms with Crippen molar-refractivity contribution in [2.75, 3.05) is 7.11 Å². The lowest BCUT2D eigenvalue weighted by molar-refractivity contribution is 0.414. The molecule has 0 amide bonds. The van der Waals surface area contributed by atoms with Crippen molar-refractivity contribution >= 4 is 21.6 Å². The van der Waals surface area contributed by atoms with Gasteiger partial charge in [-0.3, -0.25) is 0 Å². The highest BCUT2D eigenvalue weighted by Gasteiger charge is 2.21.